The number of rotatable bonds is 3. The first-order valence-corrected chi connectivity index (χ1v) is 10.7. The molecule has 2 aromatic carbocycles. The van der Waals surface area contributed by atoms with Crippen LogP contribution >= 0.6 is 0 Å². The van der Waals surface area contributed by atoms with Gasteiger partial charge in [-0.2, -0.15) is 0 Å². The largest absolute Gasteiger partial charge is 0.497 e. The molecule has 1 saturated heterocycles. The van der Waals surface area contributed by atoms with Gasteiger partial charge in [-0.1, -0.05) is 0 Å². The molecule has 1 N–H and O–H groups in total. The molecule has 6 nitrogen and oxygen atoms in total. The Bertz CT molecular complexity index is 1020. The number of ether oxygens (including phenoxy) is 1. The first kappa shape index (κ1) is 19.0. The zero-order valence-electron chi connectivity index (χ0n) is 17.1. The lowest BCUT2D eigenvalue weighted by molar-refractivity contribution is 0.112. The molecule has 0 bridgehead atoms. The summed E-state index contributed by atoms with van der Waals surface area (Å²) in [5, 5.41) is 9.55. The number of likely N-dealkylation sites (tertiary alicyclic amines) is 1. The maximum absolute atomic E-state index is 11.8. The fraction of sp³-hybridized carbons (Fsp3) is 0.417. The average Bonchev–Trinajstić information content (AvgIpc) is 2.92. The number of anilines is 1. The van der Waals surface area contributed by atoms with Crippen LogP contribution in [0.25, 0.3) is 11.1 Å². The summed E-state index contributed by atoms with van der Waals surface area (Å²) in [6.07, 6.45) is 4.22. The second-order valence-corrected chi connectivity index (χ2v) is 8.49. The van der Waals surface area contributed by atoms with Crippen LogP contribution in [0.4, 0.5) is 10.5 Å². The minimum atomic E-state index is -0.838. The Labute approximate surface area is 176 Å². The first-order valence-electron chi connectivity index (χ1n) is 10.7. The van der Waals surface area contributed by atoms with E-state index >= 15 is 0 Å². The van der Waals surface area contributed by atoms with Crippen LogP contribution in [0, 0.1) is 0 Å². The lowest BCUT2D eigenvalue weighted by atomic mass is 9.86. The van der Waals surface area contributed by atoms with Crippen LogP contribution < -0.4 is 9.64 Å². The summed E-state index contributed by atoms with van der Waals surface area (Å²) in [7, 11) is 1.60. The van der Waals surface area contributed by atoms with Crippen molar-refractivity contribution in [2.45, 2.75) is 37.6 Å². The van der Waals surface area contributed by atoms with Crippen LogP contribution in [0.3, 0.4) is 0 Å². The van der Waals surface area contributed by atoms with Crippen molar-refractivity contribution in [3.05, 3.63) is 47.0 Å². The minimum Gasteiger partial charge on any atom is -0.497 e. The molecule has 30 heavy (non-hydrogen) atoms. The van der Waals surface area contributed by atoms with Crippen LogP contribution in [0.2, 0.25) is 0 Å². The first-order chi connectivity index (χ1) is 14.6. The fourth-order valence-electron chi connectivity index (χ4n) is 5.56. The Morgan fingerprint density at radius 1 is 1.20 bits per heavy atom. The Hall–Kier alpha value is -3.02. The maximum atomic E-state index is 11.8. The SMILES string of the molecule is COc1ccc(-c2cc3c4c(c2)[C@@H]2CN(C(=O)O)CC[C@@H]2N4CCCC3)c(C=O)c1. The Balaban J connectivity index is 1.65. The number of aldehydes is 1. The highest BCUT2D eigenvalue weighted by Crippen LogP contribution is 2.49. The zero-order chi connectivity index (χ0) is 20.8. The number of fused-ring (bicyclic) bond motifs is 3. The summed E-state index contributed by atoms with van der Waals surface area (Å²) < 4.78 is 5.28. The van der Waals surface area contributed by atoms with Gasteiger partial charge in [0.2, 0.25) is 0 Å². The van der Waals surface area contributed by atoms with Gasteiger partial charge in [-0.3, -0.25) is 4.79 Å². The van der Waals surface area contributed by atoms with E-state index in [-0.39, 0.29) is 5.92 Å². The normalized spacial score (nSPS) is 22.2. The predicted octanol–water partition coefficient (Wildman–Crippen LogP) is 4.17. The topological polar surface area (TPSA) is 70.1 Å². The van der Waals surface area contributed by atoms with Crippen LogP contribution in [-0.2, 0) is 6.42 Å². The number of aryl methyl sites for hydroxylation is 1. The van der Waals surface area contributed by atoms with Crippen molar-refractivity contribution in [3.8, 4) is 16.9 Å². The Kier molecular flexibility index (Phi) is 4.65. The van der Waals surface area contributed by atoms with E-state index in [0.29, 0.717) is 30.4 Å². The number of carbonyl (C=O) groups excluding carboxylic acids is 1. The highest BCUT2D eigenvalue weighted by Gasteiger charge is 2.44. The molecule has 0 saturated carbocycles. The molecule has 3 heterocycles. The van der Waals surface area contributed by atoms with E-state index in [1.165, 1.54) is 16.8 Å². The molecule has 0 unspecified atom stereocenters. The standard InChI is InChI=1S/C24H26N2O4/c1-30-18-5-6-19(17(11-18)14-27)16-10-15-4-2-3-8-26-22-7-9-25(24(28)29)13-21(22)20(12-16)23(15)26/h5-6,10-12,14,21-22H,2-4,7-9,13H2,1H3,(H,28,29)/t21-,22-/m0/s1. The summed E-state index contributed by atoms with van der Waals surface area (Å²) >= 11 is 0. The maximum Gasteiger partial charge on any atom is 0.407 e. The highest BCUT2D eigenvalue weighted by molar-refractivity contribution is 5.89. The number of carboxylic acid groups (broad SMARTS) is 1. The number of nitrogens with zero attached hydrogens (tertiary/aromatic N) is 2. The van der Waals surface area contributed by atoms with E-state index in [1.807, 2.05) is 12.1 Å². The zero-order valence-corrected chi connectivity index (χ0v) is 17.1. The van der Waals surface area contributed by atoms with E-state index < -0.39 is 6.09 Å². The number of amides is 1. The van der Waals surface area contributed by atoms with Crippen molar-refractivity contribution in [1.29, 1.82) is 0 Å². The third-order valence-electron chi connectivity index (χ3n) is 6.94. The second kappa shape index (κ2) is 7.35. The minimum absolute atomic E-state index is 0.180. The number of benzene rings is 2. The van der Waals surface area contributed by atoms with Crippen LogP contribution in [0.5, 0.6) is 5.75 Å². The van der Waals surface area contributed by atoms with Crippen molar-refractivity contribution >= 4 is 18.1 Å². The third kappa shape index (κ3) is 2.93. The van der Waals surface area contributed by atoms with Gasteiger partial charge < -0.3 is 19.6 Å². The molecule has 2 aromatic rings. The monoisotopic (exact) mass is 406 g/mol. The molecule has 3 aliphatic rings. The Morgan fingerprint density at radius 2 is 2.07 bits per heavy atom. The van der Waals surface area contributed by atoms with Gasteiger partial charge in [0.05, 0.1) is 7.11 Å². The lowest BCUT2D eigenvalue weighted by Crippen LogP contribution is -2.48. The molecule has 2 atom stereocenters. The molecule has 156 valence electrons. The van der Waals surface area contributed by atoms with Gasteiger partial charge in [0.15, 0.2) is 6.29 Å². The summed E-state index contributed by atoms with van der Waals surface area (Å²) in [5.41, 5.74) is 6.42. The summed E-state index contributed by atoms with van der Waals surface area (Å²) in [4.78, 5) is 27.5. The van der Waals surface area contributed by atoms with E-state index in [0.717, 1.165) is 49.6 Å². The molecule has 6 heteroatoms. The molecule has 5 rings (SSSR count). The number of carbonyl (C=O) groups is 2. The van der Waals surface area contributed by atoms with E-state index in [2.05, 4.69) is 17.0 Å². The van der Waals surface area contributed by atoms with Crippen molar-refractivity contribution < 1.29 is 19.4 Å². The van der Waals surface area contributed by atoms with Gasteiger partial charge >= 0.3 is 6.09 Å². The highest BCUT2D eigenvalue weighted by atomic mass is 16.5. The molecular formula is C24H26N2O4. The molecule has 3 aliphatic heterocycles. The van der Waals surface area contributed by atoms with Gasteiger partial charge in [-0.05, 0) is 78.3 Å². The lowest BCUT2D eigenvalue weighted by Gasteiger charge is -2.37. The number of methoxy groups -OCH3 is 1. The smallest absolute Gasteiger partial charge is 0.407 e. The quantitative estimate of drug-likeness (QED) is 0.775. The predicted molar refractivity (Wildman–Crippen MR) is 115 cm³/mol. The molecule has 0 aromatic heterocycles. The molecule has 0 radical (unpaired) electrons. The second-order valence-electron chi connectivity index (χ2n) is 8.49. The fourth-order valence-corrected chi connectivity index (χ4v) is 5.56. The van der Waals surface area contributed by atoms with Gasteiger partial charge in [-0.15, -0.1) is 0 Å². The third-order valence-corrected chi connectivity index (χ3v) is 6.94. The molecule has 0 aliphatic carbocycles. The van der Waals surface area contributed by atoms with Gasteiger partial charge in [0.25, 0.3) is 0 Å². The summed E-state index contributed by atoms with van der Waals surface area (Å²) in [6, 6.07) is 10.4. The Morgan fingerprint density at radius 3 is 2.83 bits per heavy atom. The van der Waals surface area contributed by atoms with Crippen LogP contribution in [0.1, 0.15) is 46.7 Å². The number of hydrogen-bond donors (Lipinski definition) is 1. The molecule has 0 spiro atoms. The van der Waals surface area contributed by atoms with Gasteiger partial charge in [0, 0.05) is 42.8 Å². The van der Waals surface area contributed by atoms with E-state index in [1.54, 1.807) is 18.1 Å². The van der Waals surface area contributed by atoms with Crippen molar-refractivity contribution in [1.82, 2.24) is 4.90 Å². The average molecular weight is 406 g/mol. The molecule has 1 fully saturated rings. The molecular weight excluding hydrogens is 380 g/mol. The molecule has 1 amide bonds. The summed E-state index contributed by atoms with van der Waals surface area (Å²) in [5.74, 6) is 0.843. The van der Waals surface area contributed by atoms with Gasteiger partial charge in [0.1, 0.15) is 5.75 Å². The number of piperidine rings is 1. The van der Waals surface area contributed by atoms with Crippen molar-refractivity contribution in [3.63, 3.8) is 0 Å². The summed E-state index contributed by atoms with van der Waals surface area (Å²) in [6.45, 7) is 2.17. The number of hydrogen-bond acceptors (Lipinski definition) is 4. The van der Waals surface area contributed by atoms with Gasteiger partial charge in [-0.25, -0.2) is 4.79 Å². The van der Waals surface area contributed by atoms with E-state index in [4.69, 9.17) is 4.74 Å². The van der Waals surface area contributed by atoms with Crippen molar-refractivity contribution in [2.75, 3.05) is 31.6 Å². The van der Waals surface area contributed by atoms with Crippen LogP contribution in [0.15, 0.2) is 30.3 Å². The van der Waals surface area contributed by atoms with Crippen LogP contribution in [-0.4, -0.2) is 55.2 Å². The van der Waals surface area contributed by atoms with E-state index in [9.17, 15) is 14.7 Å². The van der Waals surface area contributed by atoms with Crippen molar-refractivity contribution in [2.24, 2.45) is 0 Å².